The highest BCUT2D eigenvalue weighted by atomic mass is 35.5. The van der Waals surface area contributed by atoms with Gasteiger partial charge in [-0.25, -0.2) is 0 Å². The van der Waals surface area contributed by atoms with Crippen LogP contribution in [0.4, 0.5) is 0 Å². The average Bonchev–Trinajstić information content (AvgIpc) is 2.91. The van der Waals surface area contributed by atoms with Gasteiger partial charge in [0.2, 0.25) is 0 Å². The molecule has 5 N–H and O–H groups in total. The molecule has 0 spiro atoms. The first-order valence-corrected chi connectivity index (χ1v) is 8.17. The molecule has 6 heteroatoms. The standard InChI is InChI=1S/C16H20Cl2N2O2/c1-11(21)9-19-6-7-20-10-13-3-5-16(22-13)14-4-2-12(17)8-15(14)18/h2-5,8,11,19-21H,6-7,9-10H2,1H3/p+2/t11-/m0/s1. The van der Waals surface area contributed by atoms with Gasteiger partial charge in [0.1, 0.15) is 31.9 Å². The van der Waals surface area contributed by atoms with Crippen LogP contribution in [0.2, 0.25) is 10.0 Å². The van der Waals surface area contributed by atoms with Gasteiger partial charge in [-0.15, -0.1) is 0 Å². The Morgan fingerprint density at radius 2 is 1.91 bits per heavy atom. The Hall–Kier alpha value is -1.04. The van der Waals surface area contributed by atoms with Crippen molar-refractivity contribution in [3.8, 4) is 11.3 Å². The molecule has 0 radical (unpaired) electrons. The van der Waals surface area contributed by atoms with E-state index in [2.05, 4.69) is 10.6 Å². The summed E-state index contributed by atoms with van der Waals surface area (Å²) in [5.74, 6) is 1.67. The Morgan fingerprint density at radius 1 is 1.14 bits per heavy atom. The van der Waals surface area contributed by atoms with E-state index in [0.717, 1.165) is 43.3 Å². The van der Waals surface area contributed by atoms with E-state index in [1.807, 2.05) is 18.2 Å². The molecular weight excluding hydrogens is 323 g/mol. The summed E-state index contributed by atoms with van der Waals surface area (Å²) < 4.78 is 5.83. The number of hydrogen-bond acceptors (Lipinski definition) is 2. The van der Waals surface area contributed by atoms with Gasteiger partial charge in [0.25, 0.3) is 0 Å². The Balaban J connectivity index is 1.81. The second-order valence-corrected chi connectivity index (χ2v) is 6.18. The zero-order valence-corrected chi connectivity index (χ0v) is 14.1. The van der Waals surface area contributed by atoms with Gasteiger partial charge < -0.3 is 20.2 Å². The van der Waals surface area contributed by atoms with Gasteiger partial charge in [-0.2, -0.15) is 0 Å². The van der Waals surface area contributed by atoms with Gasteiger partial charge in [0, 0.05) is 10.6 Å². The highest BCUT2D eigenvalue weighted by Gasteiger charge is 2.10. The quantitative estimate of drug-likeness (QED) is 0.631. The van der Waals surface area contributed by atoms with Crippen LogP contribution in [0.5, 0.6) is 0 Å². The molecule has 0 unspecified atom stereocenters. The summed E-state index contributed by atoms with van der Waals surface area (Å²) in [5, 5.41) is 14.7. The molecule has 2 aromatic rings. The number of hydrogen-bond donors (Lipinski definition) is 3. The summed E-state index contributed by atoms with van der Waals surface area (Å²) in [6.07, 6.45) is -0.253. The van der Waals surface area contributed by atoms with Crippen LogP contribution in [0.25, 0.3) is 11.3 Å². The number of furan rings is 1. The first-order chi connectivity index (χ1) is 10.6. The normalized spacial score (nSPS) is 12.5. The molecule has 0 aliphatic rings. The molecule has 0 aliphatic carbocycles. The van der Waals surface area contributed by atoms with Crippen molar-refractivity contribution in [2.75, 3.05) is 19.6 Å². The van der Waals surface area contributed by atoms with Crippen molar-refractivity contribution in [3.05, 3.63) is 46.1 Å². The molecule has 4 nitrogen and oxygen atoms in total. The third-order valence-corrected chi connectivity index (χ3v) is 3.83. The second-order valence-electron chi connectivity index (χ2n) is 5.33. The van der Waals surface area contributed by atoms with Crippen molar-refractivity contribution in [3.63, 3.8) is 0 Å². The molecule has 1 atom stereocenters. The van der Waals surface area contributed by atoms with Gasteiger partial charge in [0.15, 0.2) is 5.76 Å². The topological polar surface area (TPSA) is 66.6 Å². The summed E-state index contributed by atoms with van der Waals surface area (Å²) >= 11 is 12.1. The zero-order chi connectivity index (χ0) is 15.9. The number of aliphatic hydroxyl groups is 1. The Kier molecular flexibility index (Phi) is 6.73. The van der Waals surface area contributed by atoms with Crippen molar-refractivity contribution >= 4 is 23.2 Å². The monoisotopic (exact) mass is 344 g/mol. The maximum absolute atomic E-state index is 9.16. The molecule has 0 fully saturated rings. The minimum absolute atomic E-state index is 0.253. The number of quaternary nitrogens is 2. The lowest BCUT2D eigenvalue weighted by Crippen LogP contribution is -2.95. The highest BCUT2D eigenvalue weighted by Crippen LogP contribution is 2.31. The number of halogens is 2. The minimum atomic E-state index is -0.253. The van der Waals surface area contributed by atoms with Crippen molar-refractivity contribution in [1.29, 1.82) is 0 Å². The van der Waals surface area contributed by atoms with Crippen molar-refractivity contribution in [2.24, 2.45) is 0 Å². The van der Waals surface area contributed by atoms with Crippen molar-refractivity contribution in [1.82, 2.24) is 0 Å². The lowest BCUT2D eigenvalue weighted by Gasteiger charge is -2.03. The van der Waals surface area contributed by atoms with Crippen LogP contribution >= 0.6 is 23.2 Å². The lowest BCUT2D eigenvalue weighted by molar-refractivity contribution is -0.733. The van der Waals surface area contributed by atoms with Crippen LogP contribution in [-0.2, 0) is 6.54 Å². The summed E-state index contributed by atoms with van der Waals surface area (Å²) in [7, 11) is 0. The van der Waals surface area contributed by atoms with Crippen LogP contribution in [0, 0.1) is 0 Å². The van der Waals surface area contributed by atoms with E-state index < -0.39 is 0 Å². The predicted octanol–water partition coefficient (Wildman–Crippen LogP) is 1.26. The van der Waals surface area contributed by atoms with Gasteiger partial charge >= 0.3 is 0 Å². The molecule has 1 aromatic carbocycles. The van der Waals surface area contributed by atoms with Gasteiger partial charge in [-0.1, -0.05) is 23.2 Å². The first-order valence-electron chi connectivity index (χ1n) is 7.42. The average molecular weight is 345 g/mol. The molecule has 0 saturated carbocycles. The summed E-state index contributed by atoms with van der Waals surface area (Å²) in [6, 6.07) is 9.27. The number of aliphatic hydroxyl groups excluding tert-OH is 1. The van der Waals surface area contributed by atoms with E-state index in [1.165, 1.54) is 0 Å². The zero-order valence-electron chi connectivity index (χ0n) is 12.6. The van der Waals surface area contributed by atoms with Crippen molar-refractivity contribution in [2.45, 2.75) is 19.6 Å². The highest BCUT2D eigenvalue weighted by molar-refractivity contribution is 6.36. The minimum Gasteiger partial charge on any atom is -0.455 e. The molecule has 2 rings (SSSR count). The molecule has 0 bridgehead atoms. The van der Waals surface area contributed by atoms with Crippen molar-refractivity contribution < 1.29 is 20.2 Å². The molecular formula is C16H22Cl2N2O2+2. The molecule has 0 saturated heterocycles. The molecule has 22 heavy (non-hydrogen) atoms. The molecule has 0 amide bonds. The number of nitrogens with two attached hydrogens (primary N) is 2. The summed E-state index contributed by atoms with van der Waals surface area (Å²) in [6.45, 7) is 5.28. The fraction of sp³-hybridized carbons (Fsp3) is 0.375. The molecule has 0 aliphatic heterocycles. The maximum atomic E-state index is 9.16. The Labute approximate surface area is 140 Å². The summed E-state index contributed by atoms with van der Waals surface area (Å²) in [5.41, 5.74) is 0.850. The molecule has 1 heterocycles. The second kappa shape index (κ2) is 8.56. The van der Waals surface area contributed by atoms with E-state index >= 15 is 0 Å². The summed E-state index contributed by atoms with van der Waals surface area (Å²) in [4.78, 5) is 0. The molecule has 1 aromatic heterocycles. The van der Waals surface area contributed by atoms with Crippen LogP contribution in [-0.4, -0.2) is 30.8 Å². The lowest BCUT2D eigenvalue weighted by atomic mass is 10.2. The SMILES string of the molecule is C[C@H](O)C[NH2+]CC[NH2+]Cc1ccc(-c2ccc(Cl)cc2Cl)o1. The van der Waals surface area contributed by atoms with Crippen LogP contribution in [0.1, 0.15) is 12.7 Å². The van der Waals surface area contributed by atoms with E-state index in [1.54, 1.807) is 19.1 Å². The smallest absolute Gasteiger partial charge is 0.158 e. The van der Waals surface area contributed by atoms with Crippen LogP contribution < -0.4 is 10.6 Å². The fourth-order valence-corrected chi connectivity index (χ4v) is 2.66. The van der Waals surface area contributed by atoms with Gasteiger partial charge in [-0.05, 0) is 37.3 Å². The number of rotatable bonds is 8. The van der Waals surface area contributed by atoms with E-state index in [-0.39, 0.29) is 6.10 Å². The third kappa shape index (κ3) is 5.30. The molecule has 120 valence electrons. The Bertz CT molecular complexity index is 600. The third-order valence-electron chi connectivity index (χ3n) is 3.29. The van der Waals surface area contributed by atoms with E-state index in [4.69, 9.17) is 32.7 Å². The number of benzene rings is 1. The van der Waals surface area contributed by atoms with Crippen LogP contribution in [0.3, 0.4) is 0 Å². The largest absolute Gasteiger partial charge is 0.455 e. The Morgan fingerprint density at radius 3 is 2.64 bits per heavy atom. The van der Waals surface area contributed by atoms with Crippen LogP contribution in [0.15, 0.2) is 34.7 Å². The van der Waals surface area contributed by atoms with Gasteiger partial charge in [-0.3, -0.25) is 0 Å². The van der Waals surface area contributed by atoms with E-state index in [9.17, 15) is 0 Å². The predicted molar refractivity (Wildman–Crippen MR) is 88.0 cm³/mol. The maximum Gasteiger partial charge on any atom is 0.158 e. The van der Waals surface area contributed by atoms with Gasteiger partial charge in [0.05, 0.1) is 11.1 Å². The van der Waals surface area contributed by atoms with E-state index in [0.29, 0.717) is 10.0 Å². The first kappa shape index (κ1) is 17.3. The fourth-order valence-electron chi connectivity index (χ4n) is 2.16.